The molecule has 0 radical (unpaired) electrons. The Labute approximate surface area is 138 Å². The summed E-state index contributed by atoms with van der Waals surface area (Å²) in [7, 11) is 1.54. The van der Waals surface area contributed by atoms with Gasteiger partial charge in [0.1, 0.15) is 5.69 Å². The first-order chi connectivity index (χ1) is 11.1. The first-order valence-corrected chi connectivity index (χ1v) is 8.17. The Bertz CT molecular complexity index is 853. The molecule has 6 nitrogen and oxygen atoms in total. The highest BCUT2D eigenvalue weighted by Gasteiger charge is 2.11. The van der Waals surface area contributed by atoms with Gasteiger partial charge < -0.3 is 10.1 Å². The van der Waals surface area contributed by atoms with Crippen molar-refractivity contribution in [3.8, 4) is 5.88 Å². The number of carbonyl (C=O) groups excluding carboxylic acids is 1. The van der Waals surface area contributed by atoms with Crippen LogP contribution in [0.1, 0.15) is 23.4 Å². The van der Waals surface area contributed by atoms with Crippen molar-refractivity contribution in [1.82, 2.24) is 14.4 Å². The number of hydrogen-bond acceptors (Lipinski definition) is 5. The lowest BCUT2D eigenvalue weighted by Gasteiger charge is -2.09. The number of nitrogens with zero attached hydrogens (tertiary/aromatic N) is 3. The van der Waals surface area contributed by atoms with Gasteiger partial charge in [0.25, 0.3) is 0 Å². The lowest BCUT2D eigenvalue weighted by Crippen LogP contribution is -2.14. The SMILES string of the molecule is COc1ncc(C)cc1NC(=O)CCc1csc2nc(C)cn12. The third-order valence-corrected chi connectivity index (χ3v) is 4.36. The molecule has 120 valence electrons. The number of pyridine rings is 1. The molecule has 0 unspecified atom stereocenters. The fraction of sp³-hybridized carbons (Fsp3) is 0.312. The molecule has 0 atom stereocenters. The molecule has 0 aliphatic heterocycles. The van der Waals surface area contributed by atoms with Gasteiger partial charge in [-0.05, 0) is 31.9 Å². The molecule has 3 heterocycles. The predicted octanol–water partition coefficient (Wildman–Crippen LogP) is 2.99. The van der Waals surface area contributed by atoms with Crippen LogP contribution in [0.2, 0.25) is 0 Å². The number of nitrogens with one attached hydrogen (secondary N) is 1. The van der Waals surface area contributed by atoms with Crippen molar-refractivity contribution in [2.24, 2.45) is 0 Å². The molecular weight excluding hydrogens is 312 g/mol. The number of carbonyl (C=O) groups is 1. The van der Waals surface area contributed by atoms with Crippen LogP contribution in [0.5, 0.6) is 5.88 Å². The third-order valence-electron chi connectivity index (χ3n) is 3.47. The zero-order chi connectivity index (χ0) is 16.4. The second-order valence-corrected chi connectivity index (χ2v) is 6.22. The van der Waals surface area contributed by atoms with Crippen molar-refractivity contribution < 1.29 is 9.53 Å². The Morgan fingerprint density at radius 1 is 1.43 bits per heavy atom. The van der Waals surface area contributed by atoms with Gasteiger partial charge in [-0.2, -0.15) is 0 Å². The Morgan fingerprint density at radius 2 is 2.26 bits per heavy atom. The predicted molar refractivity (Wildman–Crippen MR) is 90.3 cm³/mol. The minimum Gasteiger partial charge on any atom is -0.480 e. The molecule has 0 aliphatic rings. The quantitative estimate of drug-likeness (QED) is 0.781. The topological polar surface area (TPSA) is 68.5 Å². The minimum absolute atomic E-state index is 0.0631. The van der Waals surface area contributed by atoms with Crippen LogP contribution in [0.4, 0.5) is 5.69 Å². The maximum Gasteiger partial charge on any atom is 0.237 e. The number of ether oxygens (including phenoxy) is 1. The van der Waals surface area contributed by atoms with Gasteiger partial charge in [0.15, 0.2) is 4.96 Å². The minimum atomic E-state index is -0.0631. The molecule has 0 aliphatic carbocycles. The molecule has 3 aromatic rings. The lowest BCUT2D eigenvalue weighted by molar-refractivity contribution is -0.116. The summed E-state index contributed by atoms with van der Waals surface area (Å²) in [4.78, 5) is 21.7. The van der Waals surface area contributed by atoms with Gasteiger partial charge in [-0.3, -0.25) is 9.20 Å². The van der Waals surface area contributed by atoms with Crippen molar-refractivity contribution in [1.29, 1.82) is 0 Å². The lowest BCUT2D eigenvalue weighted by atomic mass is 10.2. The number of hydrogen-bond donors (Lipinski definition) is 1. The Kier molecular flexibility index (Phi) is 4.29. The molecule has 1 amide bonds. The number of imidazole rings is 1. The Hall–Kier alpha value is -2.41. The normalized spacial score (nSPS) is 10.9. The number of anilines is 1. The van der Waals surface area contributed by atoms with E-state index in [0.29, 0.717) is 24.4 Å². The zero-order valence-electron chi connectivity index (χ0n) is 13.3. The molecule has 0 aromatic carbocycles. The Balaban J connectivity index is 1.67. The number of amides is 1. The van der Waals surface area contributed by atoms with Crippen LogP contribution < -0.4 is 10.1 Å². The highest BCUT2D eigenvalue weighted by molar-refractivity contribution is 7.15. The van der Waals surface area contributed by atoms with Crippen LogP contribution in [-0.2, 0) is 11.2 Å². The number of fused-ring (bicyclic) bond motifs is 1. The summed E-state index contributed by atoms with van der Waals surface area (Å²) in [5, 5.41) is 4.92. The fourth-order valence-electron chi connectivity index (χ4n) is 2.38. The standard InChI is InChI=1S/C16H18N4O2S/c1-10-6-13(15(22-3)17-7-10)19-14(21)5-4-12-9-23-16-18-11(2)8-20(12)16/h6-9H,4-5H2,1-3H3,(H,19,21). The van der Waals surface area contributed by atoms with Gasteiger partial charge >= 0.3 is 0 Å². The van der Waals surface area contributed by atoms with E-state index in [2.05, 4.69) is 15.3 Å². The van der Waals surface area contributed by atoms with Crippen molar-refractivity contribution in [2.75, 3.05) is 12.4 Å². The highest BCUT2D eigenvalue weighted by Crippen LogP contribution is 2.23. The molecule has 3 aromatic heterocycles. The summed E-state index contributed by atoms with van der Waals surface area (Å²) >= 11 is 1.59. The zero-order valence-corrected chi connectivity index (χ0v) is 14.1. The Morgan fingerprint density at radius 3 is 3.04 bits per heavy atom. The molecule has 7 heteroatoms. The summed E-state index contributed by atoms with van der Waals surface area (Å²) in [5.74, 6) is 0.360. The van der Waals surface area contributed by atoms with E-state index < -0.39 is 0 Å². The monoisotopic (exact) mass is 330 g/mol. The molecular formula is C16H18N4O2S. The number of rotatable bonds is 5. The molecule has 3 rings (SSSR count). The molecule has 0 saturated carbocycles. The average Bonchev–Trinajstić information content (AvgIpc) is 3.04. The van der Waals surface area contributed by atoms with Crippen LogP contribution in [0, 0.1) is 13.8 Å². The number of aromatic nitrogens is 3. The fourth-order valence-corrected chi connectivity index (χ4v) is 3.34. The van der Waals surface area contributed by atoms with Gasteiger partial charge in [-0.1, -0.05) is 0 Å². The number of aryl methyl sites for hydroxylation is 3. The van der Waals surface area contributed by atoms with E-state index in [4.69, 9.17) is 4.74 Å². The summed E-state index contributed by atoms with van der Waals surface area (Å²) in [6.45, 7) is 3.89. The molecule has 0 fully saturated rings. The van der Waals surface area contributed by atoms with Crippen molar-refractivity contribution in [3.05, 3.63) is 40.8 Å². The van der Waals surface area contributed by atoms with Crippen LogP contribution in [-0.4, -0.2) is 27.4 Å². The summed E-state index contributed by atoms with van der Waals surface area (Å²) < 4.78 is 7.22. The number of methoxy groups -OCH3 is 1. The average molecular weight is 330 g/mol. The van der Waals surface area contributed by atoms with Crippen LogP contribution in [0.3, 0.4) is 0 Å². The molecule has 0 spiro atoms. The first-order valence-electron chi connectivity index (χ1n) is 7.29. The second-order valence-electron chi connectivity index (χ2n) is 5.38. The van der Waals surface area contributed by atoms with Gasteiger partial charge in [0, 0.05) is 29.9 Å². The maximum atomic E-state index is 12.2. The molecule has 0 saturated heterocycles. The maximum absolute atomic E-state index is 12.2. The largest absolute Gasteiger partial charge is 0.480 e. The highest BCUT2D eigenvalue weighted by atomic mass is 32.1. The van der Waals surface area contributed by atoms with Crippen LogP contribution in [0.15, 0.2) is 23.8 Å². The van der Waals surface area contributed by atoms with E-state index in [1.54, 1.807) is 17.5 Å². The number of thiazole rings is 1. The summed E-state index contributed by atoms with van der Waals surface area (Å²) in [5.41, 5.74) is 3.65. The first kappa shape index (κ1) is 15.5. The van der Waals surface area contributed by atoms with Gasteiger partial charge in [-0.25, -0.2) is 9.97 Å². The summed E-state index contributed by atoms with van der Waals surface area (Å²) in [6.07, 6.45) is 4.74. The van der Waals surface area contributed by atoms with Gasteiger partial charge in [-0.15, -0.1) is 11.3 Å². The third kappa shape index (κ3) is 3.34. The van der Waals surface area contributed by atoms with Gasteiger partial charge in [0.2, 0.25) is 11.8 Å². The second kappa shape index (κ2) is 6.37. The summed E-state index contributed by atoms with van der Waals surface area (Å²) in [6, 6.07) is 1.85. The van der Waals surface area contributed by atoms with Crippen molar-refractivity contribution in [2.45, 2.75) is 26.7 Å². The van der Waals surface area contributed by atoms with Crippen molar-refractivity contribution in [3.63, 3.8) is 0 Å². The van der Waals surface area contributed by atoms with Gasteiger partial charge in [0.05, 0.1) is 12.8 Å². The molecule has 1 N–H and O–H groups in total. The van der Waals surface area contributed by atoms with E-state index in [0.717, 1.165) is 21.9 Å². The van der Waals surface area contributed by atoms with E-state index in [1.165, 1.54) is 7.11 Å². The molecule has 0 bridgehead atoms. The van der Waals surface area contributed by atoms with E-state index >= 15 is 0 Å². The van der Waals surface area contributed by atoms with E-state index in [-0.39, 0.29) is 5.91 Å². The van der Waals surface area contributed by atoms with E-state index in [9.17, 15) is 4.79 Å². The smallest absolute Gasteiger partial charge is 0.237 e. The van der Waals surface area contributed by atoms with Crippen LogP contribution in [0.25, 0.3) is 4.96 Å². The van der Waals surface area contributed by atoms with Crippen LogP contribution >= 0.6 is 11.3 Å². The van der Waals surface area contributed by atoms with Crippen molar-refractivity contribution >= 4 is 27.9 Å². The molecule has 23 heavy (non-hydrogen) atoms. The van der Waals surface area contributed by atoms with E-state index in [1.807, 2.05) is 35.9 Å².